The molecule has 2 aromatic carbocycles. The Morgan fingerprint density at radius 2 is 1.77 bits per heavy atom. The highest BCUT2D eigenvalue weighted by molar-refractivity contribution is 6.05. The van der Waals surface area contributed by atoms with Gasteiger partial charge in [0.15, 0.2) is 0 Å². The molecule has 3 rings (SSSR count). The molecule has 2 amide bonds. The van der Waals surface area contributed by atoms with Crippen molar-refractivity contribution in [3.05, 3.63) is 77.4 Å². The van der Waals surface area contributed by atoms with Crippen molar-refractivity contribution in [2.24, 2.45) is 5.73 Å². The highest BCUT2D eigenvalue weighted by Gasteiger charge is 2.17. The average Bonchev–Trinajstić information content (AvgIpc) is 3.07. The van der Waals surface area contributed by atoms with Gasteiger partial charge in [-0.05, 0) is 55.0 Å². The minimum atomic E-state index is -0.531. The zero-order valence-corrected chi connectivity index (χ0v) is 14.1. The average molecular weight is 352 g/mol. The summed E-state index contributed by atoms with van der Waals surface area (Å²) in [6.07, 6.45) is 2.05. The first-order valence-corrected chi connectivity index (χ1v) is 8.03. The fourth-order valence-corrected chi connectivity index (χ4v) is 2.62. The molecule has 0 aliphatic heterocycles. The van der Waals surface area contributed by atoms with Gasteiger partial charge in [-0.2, -0.15) is 5.10 Å². The number of anilines is 1. The Balaban J connectivity index is 1.85. The predicted octanol–water partition coefficient (Wildman–Crippen LogP) is 2.93. The third-order valence-electron chi connectivity index (χ3n) is 3.95. The van der Waals surface area contributed by atoms with Crippen LogP contribution in [-0.4, -0.2) is 21.6 Å². The Bertz CT molecular complexity index is 947. The minimum Gasteiger partial charge on any atom is -0.366 e. The molecule has 0 fully saturated rings. The van der Waals surface area contributed by atoms with Crippen LogP contribution in [0.5, 0.6) is 0 Å². The van der Waals surface area contributed by atoms with Crippen LogP contribution in [-0.2, 0) is 6.42 Å². The number of nitrogens with one attached hydrogen (secondary N) is 1. The van der Waals surface area contributed by atoms with E-state index in [0.717, 1.165) is 0 Å². The molecule has 0 saturated heterocycles. The molecule has 0 unspecified atom stereocenters. The van der Waals surface area contributed by atoms with Gasteiger partial charge in [0.05, 0.1) is 23.1 Å². The Morgan fingerprint density at radius 3 is 2.35 bits per heavy atom. The van der Waals surface area contributed by atoms with Gasteiger partial charge >= 0.3 is 0 Å². The molecule has 0 atom stereocenters. The predicted molar refractivity (Wildman–Crippen MR) is 95.8 cm³/mol. The molecule has 0 aliphatic carbocycles. The maximum Gasteiger partial charge on any atom is 0.259 e. The number of carbonyl (C=O) groups excluding carboxylic acids is 2. The van der Waals surface area contributed by atoms with Gasteiger partial charge in [-0.15, -0.1) is 0 Å². The molecule has 1 heterocycles. The smallest absolute Gasteiger partial charge is 0.259 e. The Labute approximate surface area is 149 Å². The molecule has 1 aromatic heterocycles. The van der Waals surface area contributed by atoms with Crippen LogP contribution in [0.4, 0.5) is 10.1 Å². The van der Waals surface area contributed by atoms with Crippen LogP contribution in [0.25, 0.3) is 5.69 Å². The van der Waals surface area contributed by atoms with Crippen molar-refractivity contribution in [2.45, 2.75) is 13.3 Å². The normalized spacial score (nSPS) is 10.5. The van der Waals surface area contributed by atoms with Crippen molar-refractivity contribution in [1.82, 2.24) is 9.78 Å². The largest absolute Gasteiger partial charge is 0.366 e. The number of amides is 2. The Kier molecular flexibility index (Phi) is 4.79. The van der Waals surface area contributed by atoms with Crippen LogP contribution < -0.4 is 11.1 Å². The second-order valence-electron chi connectivity index (χ2n) is 5.64. The van der Waals surface area contributed by atoms with Crippen LogP contribution in [0, 0.1) is 5.82 Å². The molecule has 0 bridgehead atoms. The second kappa shape index (κ2) is 7.18. The van der Waals surface area contributed by atoms with Gasteiger partial charge in [-0.1, -0.05) is 6.92 Å². The van der Waals surface area contributed by atoms with Crippen molar-refractivity contribution in [3.8, 4) is 5.69 Å². The summed E-state index contributed by atoms with van der Waals surface area (Å²) in [6, 6.07) is 12.2. The van der Waals surface area contributed by atoms with E-state index in [-0.39, 0.29) is 11.7 Å². The molecule has 132 valence electrons. The van der Waals surface area contributed by atoms with E-state index in [1.807, 2.05) is 6.92 Å². The van der Waals surface area contributed by atoms with Crippen molar-refractivity contribution >= 4 is 17.5 Å². The van der Waals surface area contributed by atoms with E-state index in [1.54, 1.807) is 41.1 Å². The molecule has 0 radical (unpaired) electrons. The van der Waals surface area contributed by atoms with Crippen molar-refractivity contribution in [3.63, 3.8) is 0 Å². The minimum absolute atomic E-state index is 0.318. The van der Waals surface area contributed by atoms with Crippen LogP contribution in [0.15, 0.2) is 54.7 Å². The van der Waals surface area contributed by atoms with Crippen LogP contribution >= 0.6 is 0 Å². The highest BCUT2D eigenvalue weighted by Crippen LogP contribution is 2.18. The summed E-state index contributed by atoms with van der Waals surface area (Å²) < 4.78 is 14.7. The quantitative estimate of drug-likeness (QED) is 0.740. The Hall–Kier alpha value is -3.48. The van der Waals surface area contributed by atoms with Gasteiger partial charge in [-0.3, -0.25) is 9.59 Å². The second-order valence-corrected chi connectivity index (χ2v) is 5.64. The van der Waals surface area contributed by atoms with Crippen LogP contribution in [0.3, 0.4) is 0 Å². The van der Waals surface area contributed by atoms with Gasteiger partial charge in [0.1, 0.15) is 5.82 Å². The number of benzene rings is 2. The van der Waals surface area contributed by atoms with Gasteiger partial charge < -0.3 is 11.1 Å². The highest BCUT2D eigenvalue weighted by atomic mass is 19.1. The van der Waals surface area contributed by atoms with Gasteiger partial charge in [0.25, 0.3) is 5.91 Å². The van der Waals surface area contributed by atoms with Crippen LogP contribution in [0.2, 0.25) is 0 Å². The third-order valence-corrected chi connectivity index (χ3v) is 3.95. The number of nitrogens with two attached hydrogens (primary N) is 1. The summed E-state index contributed by atoms with van der Waals surface area (Å²) in [4.78, 5) is 23.7. The molecule has 7 heteroatoms. The molecular formula is C19H17FN4O2. The standard InChI is InChI=1S/C19H17FN4O2/c1-2-17-16(11-22-24(17)15-9-5-13(20)6-10-15)19(26)23-14-7-3-12(4-8-14)18(21)25/h3-11H,2H2,1H3,(H2,21,25)(H,23,26). The lowest BCUT2D eigenvalue weighted by Gasteiger charge is -2.09. The van der Waals surface area contributed by atoms with Gasteiger partial charge in [0.2, 0.25) is 5.91 Å². The summed E-state index contributed by atoms with van der Waals surface area (Å²) in [5.74, 6) is -1.19. The van der Waals surface area contributed by atoms with Gasteiger partial charge in [0, 0.05) is 11.3 Å². The van der Waals surface area contributed by atoms with Crippen molar-refractivity contribution < 1.29 is 14.0 Å². The summed E-state index contributed by atoms with van der Waals surface area (Å²) in [5.41, 5.74) is 7.91. The van der Waals surface area contributed by atoms with E-state index in [4.69, 9.17) is 5.73 Å². The van der Waals surface area contributed by atoms with Crippen molar-refractivity contribution in [1.29, 1.82) is 0 Å². The van der Waals surface area contributed by atoms with Crippen LogP contribution in [0.1, 0.15) is 33.3 Å². The van der Waals surface area contributed by atoms with Gasteiger partial charge in [-0.25, -0.2) is 9.07 Å². The molecule has 6 nitrogen and oxygen atoms in total. The topological polar surface area (TPSA) is 90.0 Å². The lowest BCUT2D eigenvalue weighted by Crippen LogP contribution is -2.15. The lowest BCUT2D eigenvalue weighted by atomic mass is 10.1. The lowest BCUT2D eigenvalue weighted by molar-refractivity contribution is 0.0998. The van der Waals surface area contributed by atoms with E-state index in [0.29, 0.717) is 34.6 Å². The number of nitrogens with zero attached hydrogens (tertiary/aromatic N) is 2. The first-order valence-electron chi connectivity index (χ1n) is 8.03. The molecule has 0 spiro atoms. The van der Waals surface area contributed by atoms with E-state index in [1.165, 1.54) is 18.3 Å². The number of rotatable bonds is 5. The maximum atomic E-state index is 13.1. The third kappa shape index (κ3) is 3.46. The number of aromatic nitrogens is 2. The zero-order chi connectivity index (χ0) is 18.7. The molecule has 26 heavy (non-hydrogen) atoms. The maximum absolute atomic E-state index is 13.1. The molecule has 3 N–H and O–H groups in total. The summed E-state index contributed by atoms with van der Waals surface area (Å²) in [7, 11) is 0. The summed E-state index contributed by atoms with van der Waals surface area (Å²) in [6.45, 7) is 1.91. The SMILES string of the molecule is CCc1c(C(=O)Nc2ccc(C(N)=O)cc2)cnn1-c1ccc(F)cc1. The number of halogens is 1. The number of hydrogen-bond donors (Lipinski definition) is 2. The molecular weight excluding hydrogens is 335 g/mol. The number of primary amides is 1. The number of hydrogen-bond acceptors (Lipinski definition) is 3. The number of carbonyl (C=O) groups is 2. The summed E-state index contributed by atoms with van der Waals surface area (Å²) >= 11 is 0. The van der Waals surface area contributed by atoms with E-state index >= 15 is 0 Å². The fraction of sp³-hybridized carbons (Fsp3) is 0.105. The monoisotopic (exact) mass is 352 g/mol. The molecule has 3 aromatic rings. The first-order chi connectivity index (χ1) is 12.5. The van der Waals surface area contributed by atoms with E-state index < -0.39 is 5.91 Å². The molecule has 0 saturated carbocycles. The molecule has 0 aliphatic rings. The Morgan fingerprint density at radius 1 is 1.12 bits per heavy atom. The summed E-state index contributed by atoms with van der Waals surface area (Å²) in [5, 5.41) is 7.03. The van der Waals surface area contributed by atoms with E-state index in [2.05, 4.69) is 10.4 Å². The first kappa shape index (κ1) is 17.3. The fourth-order valence-electron chi connectivity index (χ4n) is 2.62. The zero-order valence-electron chi connectivity index (χ0n) is 14.1. The van der Waals surface area contributed by atoms with E-state index in [9.17, 15) is 14.0 Å². The van der Waals surface area contributed by atoms with Crippen molar-refractivity contribution in [2.75, 3.05) is 5.32 Å².